The van der Waals surface area contributed by atoms with Gasteiger partial charge in [-0.15, -0.1) is 0 Å². The lowest BCUT2D eigenvalue weighted by Crippen LogP contribution is -2.18. The first-order valence-corrected chi connectivity index (χ1v) is 9.16. The number of carbonyl (C=O) groups excluding carboxylic acids is 2. The Morgan fingerprint density at radius 3 is 2.53 bits per heavy atom. The van der Waals surface area contributed by atoms with Gasteiger partial charge in [0.05, 0.1) is 13.3 Å². The normalized spacial score (nSPS) is 10.6. The van der Waals surface area contributed by atoms with Gasteiger partial charge in [-0.25, -0.2) is 5.43 Å². The number of aromatic hydroxyl groups is 1. The van der Waals surface area contributed by atoms with Crippen LogP contribution < -0.4 is 15.5 Å². The number of phenols is 1. The van der Waals surface area contributed by atoms with Crippen molar-refractivity contribution in [1.82, 2.24) is 5.43 Å². The Kier molecular flexibility index (Phi) is 6.44. The summed E-state index contributed by atoms with van der Waals surface area (Å²) in [6, 6.07) is 18.7. The molecule has 0 saturated heterocycles. The highest BCUT2D eigenvalue weighted by Crippen LogP contribution is 2.27. The summed E-state index contributed by atoms with van der Waals surface area (Å²) in [6.07, 6.45) is 1.32. The van der Waals surface area contributed by atoms with E-state index in [4.69, 9.17) is 4.74 Å². The van der Waals surface area contributed by atoms with Gasteiger partial charge in [0.15, 0.2) is 11.5 Å². The summed E-state index contributed by atoms with van der Waals surface area (Å²) in [6.45, 7) is 1.86. The van der Waals surface area contributed by atoms with E-state index in [1.165, 1.54) is 13.3 Å². The summed E-state index contributed by atoms with van der Waals surface area (Å²) in [5.74, 6) is -0.473. The number of carbonyl (C=O) groups is 2. The van der Waals surface area contributed by atoms with Crippen LogP contribution in [0.1, 0.15) is 31.8 Å². The van der Waals surface area contributed by atoms with E-state index in [-0.39, 0.29) is 11.7 Å². The van der Waals surface area contributed by atoms with E-state index in [1.54, 1.807) is 54.6 Å². The third-order valence-electron chi connectivity index (χ3n) is 4.39. The van der Waals surface area contributed by atoms with Crippen LogP contribution in [-0.2, 0) is 0 Å². The maximum atomic E-state index is 12.5. The predicted molar refractivity (Wildman–Crippen MR) is 115 cm³/mol. The highest BCUT2D eigenvalue weighted by atomic mass is 16.5. The number of benzene rings is 3. The zero-order valence-electron chi connectivity index (χ0n) is 16.5. The number of rotatable bonds is 6. The molecule has 3 rings (SSSR count). The van der Waals surface area contributed by atoms with Crippen molar-refractivity contribution in [2.45, 2.75) is 6.92 Å². The lowest BCUT2D eigenvalue weighted by Gasteiger charge is -2.09. The number of hydrogen-bond donors (Lipinski definition) is 3. The van der Waals surface area contributed by atoms with E-state index >= 15 is 0 Å². The SMILES string of the molecule is COc1cccc(C=NNC(=O)c2cccc(NC(=O)c3ccccc3C)c2)c1O. The molecule has 30 heavy (non-hydrogen) atoms. The molecule has 0 aliphatic carbocycles. The number of ether oxygens (including phenoxy) is 1. The van der Waals surface area contributed by atoms with Crippen LogP contribution in [0.2, 0.25) is 0 Å². The standard InChI is InChI=1S/C23H21N3O4/c1-15-7-3-4-11-19(15)23(29)25-18-10-5-8-16(13-18)22(28)26-24-14-17-9-6-12-20(30-2)21(17)27/h3-14,27H,1-2H3,(H,25,29)(H,26,28). The van der Waals surface area contributed by atoms with Gasteiger partial charge in [0.2, 0.25) is 0 Å². The van der Waals surface area contributed by atoms with Crippen LogP contribution in [0.3, 0.4) is 0 Å². The molecule has 0 heterocycles. The fourth-order valence-corrected chi connectivity index (χ4v) is 2.80. The van der Waals surface area contributed by atoms with Crippen molar-refractivity contribution >= 4 is 23.7 Å². The molecule has 0 aliphatic heterocycles. The third kappa shape index (κ3) is 4.82. The van der Waals surface area contributed by atoms with Gasteiger partial charge in [-0.05, 0) is 48.9 Å². The molecule has 3 aromatic rings. The minimum Gasteiger partial charge on any atom is -0.504 e. The molecule has 0 bridgehead atoms. The fourth-order valence-electron chi connectivity index (χ4n) is 2.80. The number of nitrogens with zero attached hydrogens (tertiary/aromatic N) is 1. The molecule has 0 spiro atoms. The Bertz CT molecular complexity index is 1110. The molecule has 0 radical (unpaired) electrons. The smallest absolute Gasteiger partial charge is 0.271 e. The van der Waals surface area contributed by atoms with Crippen LogP contribution in [-0.4, -0.2) is 30.2 Å². The quantitative estimate of drug-likeness (QED) is 0.431. The monoisotopic (exact) mass is 403 g/mol. The number of para-hydroxylation sites is 1. The number of hydrogen-bond acceptors (Lipinski definition) is 5. The summed E-state index contributed by atoms with van der Waals surface area (Å²) in [5, 5.41) is 16.7. The number of amides is 2. The summed E-state index contributed by atoms with van der Waals surface area (Å²) in [5.41, 5.74) is 5.04. The first-order valence-electron chi connectivity index (χ1n) is 9.16. The molecule has 7 heteroatoms. The molecular weight excluding hydrogens is 382 g/mol. The Labute approximate surface area is 174 Å². The lowest BCUT2D eigenvalue weighted by molar-refractivity contribution is 0.0953. The van der Waals surface area contributed by atoms with E-state index in [9.17, 15) is 14.7 Å². The van der Waals surface area contributed by atoms with E-state index in [2.05, 4.69) is 15.8 Å². The van der Waals surface area contributed by atoms with E-state index in [0.717, 1.165) is 5.56 Å². The zero-order chi connectivity index (χ0) is 21.5. The Balaban J connectivity index is 1.68. The van der Waals surface area contributed by atoms with E-state index in [1.807, 2.05) is 19.1 Å². The molecule has 0 saturated carbocycles. The molecule has 0 fully saturated rings. The Hall–Kier alpha value is -4.13. The van der Waals surface area contributed by atoms with Gasteiger partial charge in [-0.2, -0.15) is 5.10 Å². The largest absolute Gasteiger partial charge is 0.504 e. The van der Waals surface area contributed by atoms with Crippen molar-refractivity contribution in [1.29, 1.82) is 0 Å². The fraction of sp³-hybridized carbons (Fsp3) is 0.0870. The second-order valence-electron chi connectivity index (χ2n) is 6.45. The minimum atomic E-state index is -0.458. The second kappa shape index (κ2) is 9.38. The maximum absolute atomic E-state index is 12.5. The number of aryl methyl sites for hydroxylation is 1. The Morgan fingerprint density at radius 1 is 1.00 bits per heavy atom. The highest BCUT2D eigenvalue weighted by molar-refractivity contribution is 6.06. The lowest BCUT2D eigenvalue weighted by atomic mass is 10.1. The van der Waals surface area contributed by atoms with Crippen LogP contribution in [0.25, 0.3) is 0 Å². The van der Waals surface area contributed by atoms with Gasteiger partial charge in [0.25, 0.3) is 11.8 Å². The van der Waals surface area contributed by atoms with Gasteiger partial charge in [-0.1, -0.05) is 30.3 Å². The van der Waals surface area contributed by atoms with Crippen LogP contribution in [0, 0.1) is 6.92 Å². The van der Waals surface area contributed by atoms with Crippen molar-refractivity contribution in [3.63, 3.8) is 0 Å². The van der Waals surface area contributed by atoms with Crippen molar-refractivity contribution in [2.75, 3.05) is 12.4 Å². The van der Waals surface area contributed by atoms with E-state index < -0.39 is 5.91 Å². The molecule has 0 aliphatic rings. The number of hydrazone groups is 1. The van der Waals surface area contributed by atoms with Crippen molar-refractivity contribution in [3.8, 4) is 11.5 Å². The summed E-state index contributed by atoms with van der Waals surface area (Å²) < 4.78 is 5.03. The average molecular weight is 403 g/mol. The number of nitrogens with one attached hydrogen (secondary N) is 2. The minimum absolute atomic E-state index is 0.0704. The first-order chi connectivity index (χ1) is 14.5. The molecule has 0 unspecified atom stereocenters. The van der Waals surface area contributed by atoms with Gasteiger partial charge in [0, 0.05) is 22.4 Å². The van der Waals surface area contributed by atoms with Gasteiger partial charge >= 0.3 is 0 Å². The molecule has 2 amide bonds. The topological polar surface area (TPSA) is 100 Å². The first kappa shape index (κ1) is 20.6. The predicted octanol–water partition coefficient (Wildman–Crippen LogP) is 3.73. The van der Waals surface area contributed by atoms with Gasteiger partial charge < -0.3 is 15.2 Å². The number of methoxy groups -OCH3 is 1. The number of phenolic OH excluding ortho intramolecular Hbond substituents is 1. The molecule has 7 nitrogen and oxygen atoms in total. The molecule has 152 valence electrons. The van der Waals surface area contributed by atoms with Gasteiger partial charge in [0.1, 0.15) is 0 Å². The van der Waals surface area contributed by atoms with Crippen molar-refractivity contribution in [3.05, 3.63) is 89.0 Å². The van der Waals surface area contributed by atoms with Crippen LogP contribution >= 0.6 is 0 Å². The van der Waals surface area contributed by atoms with Crippen molar-refractivity contribution in [2.24, 2.45) is 5.10 Å². The molecule has 3 N–H and O–H groups in total. The number of anilines is 1. The van der Waals surface area contributed by atoms with Gasteiger partial charge in [-0.3, -0.25) is 9.59 Å². The third-order valence-corrected chi connectivity index (χ3v) is 4.39. The average Bonchev–Trinajstić information content (AvgIpc) is 2.75. The van der Waals surface area contributed by atoms with Crippen LogP contribution in [0.4, 0.5) is 5.69 Å². The summed E-state index contributed by atoms with van der Waals surface area (Å²) in [7, 11) is 1.45. The molecule has 0 aromatic heterocycles. The molecule has 0 atom stereocenters. The summed E-state index contributed by atoms with van der Waals surface area (Å²) >= 11 is 0. The zero-order valence-corrected chi connectivity index (χ0v) is 16.5. The van der Waals surface area contributed by atoms with Crippen molar-refractivity contribution < 1.29 is 19.4 Å². The summed E-state index contributed by atoms with van der Waals surface area (Å²) in [4.78, 5) is 24.8. The van der Waals surface area contributed by atoms with Crippen LogP contribution in [0.5, 0.6) is 11.5 Å². The maximum Gasteiger partial charge on any atom is 0.271 e. The Morgan fingerprint density at radius 2 is 1.77 bits per heavy atom. The van der Waals surface area contributed by atoms with E-state index in [0.29, 0.717) is 28.1 Å². The second-order valence-corrected chi connectivity index (χ2v) is 6.45. The molecular formula is C23H21N3O4. The van der Waals surface area contributed by atoms with Crippen LogP contribution in [0.15, 0.2) is 71.8 Å². The molecule has 3 aromatic carbocycles. The highest BCUT2D eigenvalue weighted by Gasteiger charge is 2.11.